The molecule has 0 N–H and O–H groups in total. The van der Waals surface area contributed by atoms with E-state index < -0.39 is 5.79 Å². The van der Waals surface area contributed by atoms with Gasteiger partial charge in [0, 0.05) is 39.5 Å². The van der Waals surface area contributed by atoms with Crippen LogP contribution < -0.4 is 4.90 Å². The molecule has 0 unspecified atom stereocenters. The van der Waals surface area contributed by atoms with Gasteiger partial charge >= 0.3 is 0 Å². The summed E-state index contributed by atoms with van der Waals surface area (Å²) in [5.41, 5.74) is 1.55. The van der Waals surface area contributed by atoms with Crippen molar-refractivity contribution in [1.82, 2.24) is 9.88 Å². The van der Waals surface area contributed by atoms with Gasteiger partial charge in [-0.15, -0.1) is 0 Å². The molecule has 0 saturated carbocycles. The second kappa shape index (κ2) is 7.49. The summed E-state index contributed by atoms with van der Waals surface area (Å²) in [6.07, 6.45) is 5.57. The molecule has 24 heavy (non-hydrogen) atoms. The van der Waals surface area contributed by atoms with Crippen LogP contribution in [0.2, 0.25) is 0 Å². The van der Waals surface area contributed by atoms with Gasteiger partial charge in [-0.05, 0) is 18.6 Å². The summed E-state index contributed by atoms with van der Waals surface area (Å²) >= 11 is 0. The number of hydrogen-bond donors (Lipinski definition) is 0. The van der Waals surface area contributed by atoms with Crippen molar-refractivity contribution < 1.29 is 14.3 Å². The van der Waals surface area contributed by atoms with Crippen molar-refractivity contribution in [2.75, 3.05) is 44.8 Å². The SMILES string of the molecule is CCCCN(C)c1ccc(C(=O)N2CCC3(CC2)OCCO3)nc1. The van der Waals surface area contributed by atoms with Gasteiger partial charge in [-0.2, -0.15) is 0 Å². The Morgan fingerprint density at radius 3 is 2.58 bits per heavy atom. The van der Waals surface area contributed by atoms with Crippen molar-refractivity contribution in [3.63, 3.8) is 0 Å². The summed E-state index contributed by atoms with van der Waals surface area (Å²) in [5.74, 6) is -0.457. The lowest BCUT2D eigenvalue weighted by Crippen LogP contribution is -2.47. The Labute approximate surface area is 143 Å². The quantitative estimate of drug-likeness (QED) is 0.827. The van der Waals surface area contributed by atoms with E-state index in [1.54, 1.807) is 6.20 Å². The molecule has 2 saturated heterocycles. The fourth-order valence-corrected chi connectivity index (χ4v) is 3.26. The van der Waals surface area contributed by atoms with Crippen LogP contribution in [0.4, 0.5) is 5.69 Å². The zero-order valence-corrected chi connectivity index (χ0v) is 14.7. The van der Waals surface area contributed by atoms with Gasteiger partial charge in [-0.3, -0.25) is 4.79 Å². The zero-order valence-electron chi connectivity index (χ0n) is 14.7. The Hall–Kier alpha value is -1.66. The fourth-order valence-electron chi connectivity index (χ4n) is 3.26. The second-order valence-corrected chi connectivity index (χ2v) is 6.58. The molecule has 0 radical (unpaired) electrons. The zero-order chi connectivity index (χ0) is 17.0. The molecule has 2 aliphatic heterocycles. The lowest BCUT2D eigenvalue weighted by Gasteiger charge is -2.37. The highest BCUT2D eigenvalue weighted by Crippen LogP contribution is 2.31. The summed E-state index contributed by atoms with van der Waals surface area (Å²) in [5, 5.41) is 0. The largest absolute Gasteiger partial charge is 0.373 e. The normalized spacial score (nSPS) is 19.7. The van der Waals surface area contributed by atoms with E-state index >= 15 is 0 Å². The van der Waals surface area contributed by atoms with Crippen molar-refractivity contribution in [2.24, 2.45) is 0 Å². The van der Waals surface area contributed by atoms with Crippen molar-refractivity contribution in [3.05, 3.63) is 24.0 Å². The summed E-state index contributed by atoms with van der Waals surface area (Å²) < 4.78 is 11.4. The van der Waals surface area contributed by atoms with Gasteiger partial charge in [-0.25, -0.2) is 4.98 Å². The summed E-state index contributed by atoms with van der Waals surface area (Å²) in [7, 11) is 2.06. The third-order valence-electron chi connectivity index (χ3n) is 4.88. The molecule has 1 amide bonds. The third kappa shape index (κ3) is 3.70. The van der Waals surface area contributed by atoms with Crippen LogP contribution in [0, 0.1) is 0 Å². The van der Waals surface area contributed by atoms with Crippen molar-refractivity contribution in [2.45, 2.75) is 38.4 Å². The van der Waals surface area contributed by atoms with Crippen molar-refractivity contribution in [1.29, 1.82) is 0 Å². The van der Waals surface area contributed by atoms with Gasteiger partial charge in [-0.1, -0.05) is 13.3 Å². The lowest BCUT2D eigenvalue weighted by atomic mass is 10.0. The second-order valence-electron chi connectivity index (χ2n) is 6.58. The number of ether oxygens (including phenoxy) is 2. The maximum absolute atomic E-state index is 12.6. The van der Waals surface area contributed by atoms with Crippen molar-refractivity contribution in [3.8, 4) is 0 Å². The number of amides is 1. The first-order valence-electron chi connectivity index (χ1n) is 8.88. The summed E-state index contributed by atoms with van der Waals surface area (Å²) in [6, 6.07) is 3.80. The van der Waals surface area contributed by atoms with Gasteiger partial charge in [0.2, 0.25) is 0 Å². The molecule has 0 aliphatic carbocycles. The molecule has 132 valence electrons. The van der Waals surface area contributed by atoms with Crippen LogP contribution in [0.25, 0.3) is 0 Å². The highest BCUT2D eigenvalue weighted by atomic mass is 16.7. The molecule has 0 atom stereocenters. The number of rotatable bonds is 5. The highest BCUT2D eigenvalue weighted by molar-refractivity contribution is 5.92. The number of carbonyl (C=O) groups is 1. The lowest BCUT2D eigenvalue weighted by molar-refractivity contribution is -0.181. The van der Waals surface area contributed by atoms with E-state index in [1.807, 2.05) is 17.0 Å². The van der Waals surface area contributed by atoms with E-state index in [9.17, 15) is 4.79 Å². The first kappa shape index (κ1) is 17.2. The molecule has 2 aliphatic rings. The van der Waals surface area contributed by atoms with Crippen LogP contribution in [0.1, 0.15) is 43.1 Å². The minimum atomic E-state index is -0.448. The molecule has 0 aromatic carbocycles. The maximum Gasteiger partial charge on any atom is 0.272 e. The standard InChI is InChI=1S/C18H27N3O3/c1-3-4-9-20(2)15-5-6-16(19-14-15)17(22)21-10-7-18(8-11-21)23-12-13-24-18/h5-6,14H,3-4,7-13H2,1-2H3. The van der Waals surface area contributed by atoms with E-state index in [4.69, 9.17) is 9.47 Å². The highest BCUT2D eigenvalue weighted by Gasteiger charge is 2.40. The smallest absolute Gasteiger partial charge is 0.272 e. The van der Waals surface area contributed by atoms with Crippen LogP contribution in [0.15, 0.2) is 18.3 Å². The van der Waals surface area contributed by atoms with E-state index in [-0.39, 0.29) is 5.91 Å². The van der Waals surface area contributed by atoms with Crippen molar-refractivity contribution >= 4 is 11.6 Å². The number of carbonyl (C=O) groups excluding carboxylic acids is 1. The average molecular weight is 333 g/mol. The fraction of sp³-hybridized carbons (Fsp3) is 0.667. The van der Waals surface area contributed by atoms with Gasteiger partial charge in [0.25, 0.3) is 5.91 Å². The Balaban J connectivity index is 1.57. The first-order valence-corrected chi connectivity index (χ1v) is 8.88. The maximum atomic E-state index is 12.6. The molecular weight excluding hydrogens is 306 g/mol. The first-order chi connectivity index (χ1) is 11.6. The monoisotopic (exact) mass is 333 g/mol. The Kier molecular flexibility index (Phi) is 5.36. The Bertz CT molecular complexity index is 545. The molecule has 1 spiro atoms. The topological polar surface area (TPSA) is 54.9 Å². The van der Waals surface area contributed by atoms with Crippen LogP contribution in [0.3, 0.4) is 0 Å². The average Bonchev–Trinajstić information content (AvgIpc) is 3.08. The minimum Gasteiger partial charge on any atom is -0.373 e. The van der Waals surface area contributed by atoms with Crippen LogP contribution in [-0.2, 0) is 9.47 Å². The Morgan fingerprint density at radius 2 is 2.00 bits per heavy atom. The van der Waals surface area contributed by atoms with Crippen LogP contribution >= 0.6 is 0 Å². The van der Waals surface area contributed by atoms with E-state index in [1.165, 1.54) is 0 Å². The molecule has 6 nitrogen and oxygen atoms in total. The molecule has 1 aromatic rings. The number of piperidine rings is 1. The molecule has 2 fully saturated rings. The van der Waals surface area contributed by atoms with Crippen LogP contribution in [-0.4, -0.2) is 61.5 Å². The predicted molar refractivity (Wildman–Crippen MR) is 92.2 cm³/mol. The molecule has 0 bridgehead atoms. The van der Waals surface area contributed by atoms with E-state index in [2.05, 4.69) is 23.9 Å². The van der Waals surface area contributed by atoms with Crippen LogP contribution in [0.5, 0.6) is 0 Å². The summed E-state index contributed by atoms with van der Waals surface area (Å²) in [6.45, 7) is 5.79. The third-order valence-corrected chi connectivity index (χ3v) is 4.88. The van der Waals surface area contributed by atoms with E-state index in [0.717, 1.165) is 37.9 Å². The number of aromatic nitrogens is 1. The van der Waals surface area contributed by atoms with Gasteiger partial charge in [0.1, 0.15) is 5.69 Å². The number of pyridine rings is 1. The number of anilines is 1. The Morgan fingerprint density at radius 1 is 1.29 bits per heavy atom. The molecular formula is C18H27N3O3. The number of hydrogen-bond acceptors (Lipinski definition) is 5. The van der Waals surface area contributed by atoms with Gasteiger partial charge in [0.05, 0.1) is 25.1 Å². The summed E-state index contributed by atoms with van der Waals surface area (Å²) in [4.78, 5) is 21.0. The molecule has 1 aromatic heterocycles. The molecule has 3 heterocycles. The van der Waals surface area contributed by atoms with E-state index in [0.29, 0.717) is 32.0 Å². The number of likely N-dealkylation sites (tertiary alicyclic amines) is 1. The number of nitrogens with zero attached hydrogens (tertiary/aromatic N) is 3. The molecule has 6 heteroatoms. The number of unbranched alkanes of at least 4 members (excludes halogenated alkanes) is 1. The van der Waals surface area contributed by atoms with Gasteiger partial charge in [0.15, 0.2) is 5.79 Å². The van der Waals surface area contributed by atoms with Gasteiger partial charge < -0.3 is 19.3 Å². The minimum absolute atomic E-state index is 0.00870. The molecule has 3 rings (SSSR count). The predicted octanol–water partition coefficient (Wildman–Crippen LogP) is 2.30.